The van der Waals surface area contributed by atoms with Crippen LogP contribution in [-0.4, -0.2) is 23.2 Å². The minimum absolute atomic E-state index is 0.395. The molecule has 0 unspecified atom stereocenters. The van der Waals surface area contributed by atoms with E-state index in [4.69, 9.17) is 10.4 Å². The summed E-state index contributed by atoms with van der Waals surface area (Å²) in [7, 11) is 1.06. The molecule has 1 N–H and O–H groups in total. The zero-order valence-electron chi connectivity index (χ0n) is 8.07. The van der Waals surface area contributed by atoms with Crippen LogP contribution in [0.4, 0.5) is 8.78 Å². The minimum Gasteiger partial charge on any atom is -0.494 e. The third-order valence-electron chi connectivity index (χ3n) is 1.76. The highest BCUT2D eigenvalue weighted by Crippen LogP contribution is 2.31. The van der Waals surface area contributed by atoms with Gasteiger partial charge < -0.3 is 9.84 Å². The first-order valence-corrected chi connectivity index (χ1v) is 4.01. The second-order valence-corrected chi connectivity index (χ2v) is 2.70. The highest BCUT2D eigenvalue weighted by Gasteiger charge is 2.23. The maximum atomic E-state index is 12.6. The fourth-order valence-electron chi connectivity index (χ4n) is 1.13. The van der Waals surface area contributed by atoms with Gasteiger partial charge in [-0.05, 0) is 6.07 Å². The number of ether oxygens (including phenoxy) is 1. The highest BCUT2D eigenvalue weighted by molar-refractivity contribution is 5.89. The van der Waals surface area contributed by atoms with Crippen molar-refractivity contribution in [2.24, 2.45) is 0 Å². The summed E-state index contributed by atoms with van der Waals surface area (Å²) in [4.78, 5) is 14.1. The van der Waals surface area contributed by atoms with Gasteiger partial charge in [0.1, 0.15) is 11.8 Å². The number of carbonyl (C=O) groups is 1. The molecule has 1 aromatic rings. The molecule has 0 fully saturated rings. The molecule has 0 bridgehead atoms. The summed E-state index contributed by atoms with van der Waals surface area (Å²) in [5.41, 5.74) is -1.75. The average molecular weight is 228 g/mol. The molecule has 0 amide bonds. The van der Waals surface area contributed by atoms with Gasteiger partial charge in [-0.15, -0.1) is 0 Å². The standard InChI is InChI=1S/C9H6F2N2O3/c1-16-7-5(8(10)11)2-4(3-12)13-6(7)9(14)15/h2,8H,1H3,(H,14,15). The number of methoxy groups -OCH3 is 1. The van der Waals surface area contributed by atoms with Crippen molar-refractivity contribution in [1.29, 1.82) is 5.26 Å². The lowest BCUT2D eigenvalue weighted by Crippen LogP contribution is -2.08. The van der Waals surface area contributed by atoms with Crippen LogP contribution in [-0.2, 0) is 0 Å². The van der Waals surface area contributed by atoms with Gasteiger partial charge >= 0.3 is 5.97 Å². The molecule has 5 nitrogen and oxygen atoms in total. The van der Waals surface area contributed by atoms with Crippen molar-refractivity contribution < 1.29 is 23.4 Å². The molecule has 1 heterocycles. The van der Waals surface area contributed by atoms with E-state index in [0.717, 1.165) is 13.2 Å². The van der Waals surface area contributed by atoms with Crippen LogP contribution in [0.3, 0.4) is 0 Å². The molecule has 0 saturated heterocycles. The molecule has 16 heavy (non-hydrogen) atoms. The van der Waals surface area contributed by atoms with Crippen LogP contribution in [0.5, 0.6) is 5.75 Å². The summed E-state index contributed by atoms with van der Waals surface area (Å²) in [6, 6.07) is 2.31. The first kappa shape index (κ1) is 11.8. The van der Waals surface area contributed by atoms with E-state index < -0.39 is 35.1 Å². The Kier molecular flexibility index (Phi) is 3.35. The van der Waals surface area contributed by atoms with Gasteiger partial charge in [-0.1, -0.05) is 0 Å². The lowest BCUT2D eigenvalue weighted by molar-refractivity contribution is 0.0685. The number of hydrogen-bond donors (Lipinski definition) is 1. The van der Waals surface area contributed by atoms with Crippen LogP contribution in [0.1, 0.15) is 28.2 Å². The molecule has 0 aliphatic carbocycles. The third kappa shape index (κ3) is 2.06. The number of carboxylic acid groups (broad SMARTS) is 1. The van der Waals surface area contributed by atoms with Crippen molar-refractivity contribution in [3.05, 3.63) is 23.0 Å². The monoisotopic (exact) mass is 228 g/mol. The number of carboxylic acids is 1. The second-order valence-electron chi connectivity index (χ2n) is 2.70. The predicted octanol–water partition coefficient (Wildman–Crippen LogP) is 1.60. The SMILES string of the molecule is COc1c(C(F)F)cc(C#N)nc1C(=O)O. The van der Waals surface area contributed by atoms with E-state index in [1.807, 2.05) is 0 Å². The molecule has 0 saturated carbocycles. The van der Waals surface area contributed by atoms with E-state index >= 15 is 0 Å². The zero-order valence-corrected chi connectivity index (χ0v) is 8.07. The summed E-state index contributed by atoms with van der Waals surface area (Å²) < 4.78 is 29.7. The van der Waals surface area contributed by atoms with E-state index in [9.17, 15) is 13.6 Å². The first-order valence-electron chi connectivity index (χ1n) is 4.01. The number of nitriles is 1. The van der Waals surface area contributed by atoms with Gasteiger partial charge in [0.05, 0.1) is 12.7 Å². The summed E-state index contributed by atoms with van der Waals surface area (Å²) in [5, 5.41) is 17.2. The average Bonchev–Trinajstić information content (AvgIpc) is 2.26. The third-order valence-corrected chi connectivity index (χ3v) is 1.76. The Morgan fingerprint density at radius 2 is 2.31 bits per heavy atom. The molecule has 0 aliphatic heterocycles. The summed E-state index contributed by atoms with van der Waals surface area (Å²) in [6.45, 7) is 0. The molecule has 0 aromatic carbocycles. The van der Waals surface area contributed by atoms with Gasteiger partial charge in [-0.25, -0.2) is 18.6 Å². The number of nitrogens with zero attached hydrogens (tertiary/aromatic N) is 2. The quantitative estimate of drug-likeness (QED) is 0.849. The Hall–Kier alpha value is -2.23. The number of pyridine rings is 1. The summed E-state index contributed by atoms with van der Waals surface area (Å²) in [5.74, 6) is -2.06. The van der Waals surface area contributed by atoms with Crippen LogP contribution in [0, 0.1) is 11.3 Å². The lowest BCUT2D eigenvalue weighted by atomic mass is 10.1. The van der Waals surface area contributed by atoms with Crippen molar-refractivity contribution in [2.45, 2.75) is 6.43 Å². The van der Waals surface area contributed by atoms with Gasteiger partial charge in [0, 0.05) is 0 Å². The Bertz CT molecular complexity index is 469. The minimum atomic E-state index is -2.94. The number of aromatic carboxylic acids is 1. The molecule has 84 valence electrons. The second kappa shape index (κ2) is 4.53. The number of hydrogen-bond acceptors (Lipinski definition) is 4. The number of alkyl halides is 2. The Morgan fingerprint density at radius 1 is 1.69 bits per heavy atom. The van der Waals surface area contributed by atoms with E-state index in [0.29, 0.717) is 0 Å². The molecule has 0 aliphatic rings. The maximum absolute atomic E-state index is 12.6. The van der Waals surface area contributed by atoms with Crippen LogP contribution in [0.25, 0.3) is 0 Å². The summed E-state index contributed by atoms with van der Waals surface area (Å²) in [6.07, 6.45) is -2.94. The fraction of sp³-hybridized carbons (Fsp3) is 0.222. The van der Waals surface area contributed by atoms with Gasteiger partial charge in [0.15, 0.2) is 11.4 Å². The molecule has 1 rings (SSSR count). The smallest absolute Gasteiger partial charge is 0.358 e. The Morgan fingerprint density at radius 3 is 2.69 bits per heavy atom. The Balaban J connectivity index is 3.54. The van der Waals surface area contributed by atoms with Crippen molar-refractivity contribution in [3.8, 4) is 11.8 Å². The maximum Gasteiger partial charge on any atom is 0.358 e. The molecule has 0 atom stereocenters. The van der Waals surface area contributed by atoms with Crippen molar-refractivity contribution in [2.75, 3.05) is 7.11 Å². The fourth-order valence-corrected chi connectivity index (χ4v) is 1.13. The van der Waals surface area contributed by atoms with Crippen LogP contribution < -0.4 is 4.74 Å². The highest BCUT2D eigenvalue weighted by atomic mass is 19.3. The van der Waals surface area contributed by atoms with E-state index in [2.05, 4.69) is 9.72 Å². The van der Waals surface area contributed by atoms with E-state index in [-0.39, 0.29) is 0 Å². The van der Waals surface area contributed by atoms with Gasteiger partial charge in [-0.2, -0.15) is 5.26 Å². The zero-order chi connectivity index (χ0) is 12.3. The number of rotatable bonds is 3. The van der Waals surface area contributed by atoms with E-state index in [1.54, 1.807) is 0 Å². The predicted molar refractivity (Wildman–Crippen MR) is 47.4 cm³/mol. The molecular formula is C9H6F2N2O3. The van der Waals surface area contributed by atoms with Gasteiger partial charge in [-0.3, -0.25) is 0 Å². The van der Waals surface area contributed by atoms with Crippen LogP contribution in [0.15, 0.2) is 6.07 Å². The van der Waals surface area contributed by atoms with Crippen LogP contribution in [0.2, 0.25) is 0 Å². The van der Waals surface area contributed by atoms with Gasteiger partial charge in [0.25, 0.3) is 6.43 Å². The summed E-state index contributed by atoms with van der Waals surface area (Å²) >= 11 is 0. The van der Waals surface area contributed by atoms with E-state index in [1.165, 1.54) is 6.07 Å². The molecule has 0 spiro atoms. The Labute approximate surface area is 88.9 Å². The van der Waals surface area contributed by atoms with Crippen molar-refractivity contribution in [1.82, 2.24) is 4.98 Å². The molecule has 1 aromatic heterocycles. The molecular weight excluding hydrogens is 222 g/mol. The number of halogens is 2. The molecule has 7 heteroatoms. The van der Waals surface area contributed by atoms with Crippen molar-refractivity contribution >= 4 is 5.97 Å². The normalized spacial score (nSPS) is 9.94. The first-order chi connectivity index (χ1) is 7.51. The lowest BCUT2D eigenvalue weighted by Gasteiger charge is -2.10. The topological polar surface area (TPSA) is 83.2 Å². The number of aromatic nitrogens is 1. The van der Waals surface area contributed by atoms with Crippen molar-refractivity contribution in [3.63, 3.8) is 0 Å². The molecule has 0 radical (unpaired) electrons. The van der Waals surface area contributed by atoms with Crippen LogP contribution >= 0.6 is 0 Å². The van der Waals surface area contributed by atoms with Gasteiger partial charge in [0.2, 0.25) is 0 Å². The largest absolute Gasteiger partial charge is 0.494 e.